The molecule has 6 nitrogen and oxygen atoms in total. The molecule has 0 amide bonds. The standard InChI is InChI=1S/C16H9I3O6S2/c17-9-7-12(18)16(19)15(8-9)27(23,24)25-13-5-6-14(26(20,21)22)11-4-2-1-3-10(11)13/h1-8H,(H,20,21,22)/p-1. The summed E-state index contributed by atoms with van der Waals surface area (Å²) < 4.78 is 67.4. The Bertz CT molecular complexity index is 1270. The van der Waals surface area contributed by atoms with Gasteiger partial charge >= 0.3 is 10.1 Å². The average molecular weight is 741 g/mol. The molecule has 27 heavy (non-hydrogen) atoms. The van der Waals surface area contributed by atoms with E-state index in [0.29, 0.717) is 3.57 Å². The van der Waals surface area contributed by atoms with Crippen LogP contribution in [0.5, 0.6) is 5.75 Å². The molecule has 0 heterocycles. The summed E-state index contributed by atoms with van der Waals surface area (Å²) in [4.78, 5) is -0.412. The zero-order chi connectivity index (χ0) is 20.0. The first-order valence-corrected chi connectivity index (χ1v) is 13.1. The highest BCUT2D eigenvalue weighted by Crippen LogP contribution is 2.34. The summed E-state index contributed by atoms with van der Waals surface area (Å²) in [5.41, 5.74) is 0. The van der Waals surface area contributed by atoms with Crippen LogP contribution in [0.25, 0.3) is 10.8 Å². The van der Waals surface area contributed by atoms with Crippen molar-refractivity contribution in [3.05, 3.63) is 59.2 Å². The third-order valence-corrected chi connectivity index (χ3v) is 9.73. The maximum atomic E-state index is 12.8. The highest BCUT2D eigenvalue weighted by molar-refractivity contribution is 14.1. The minimum atomic E-state index is -4.72. The smallest absolute Gasteiger partial charge is 0.340 e. The topological polar surface area (TPSA) is 101 Å². The summed E-state index contributed by atoms with van der Waals surface area (Å²) in [5, 5.41) is 0.320. The van der Waals surface area contributed by atoms with E-state index >= 15 is 0 Å². The fourth-order valence-corrected chi connectivity index (χ4v) is 7.53. The summed E-state index contributed by atoms with van der Waals surface area (Å²) in [6.07, 6.45) is 0. The zero-order valence-electron chi connectivity index (χ0n) is 13.0. The number of hydrogen-bond donors (Lipinski definition) is 0. The van der Waals surface area contributed by atoms with Gasteiger partial charge in [0.2, 0.25) is 0 Å². The maximum Gasteiger partial charge on any atom is 0.340 e. The molecule has 0 N–H and O–H groups in total. The van der Waals surface area contributed by atoms with Crippen molar-refractivity contribution in [1.29, 1.82) is 0 Å². The fraction of sp³-hybridized carbons (Fsp3) is 0. The van der Waals surface area contributed by atoms with E-state index in [9.17, 15) is 21.4 Å². The third-order valence-electron chi connectivity index (χ3n) is 3.54. The van der Waals surface area contributed by atoms with Gasteiger partial charge in [-0.3, -0.25) is 0 Å². The Kier molecular flexibility index (Phi) is 6.28. The first kappa shape index (κ1) is 21.5. The molecule has 3 aromatic rings. The Morgan fingerprint density at radius 1 is 0.815 bits per heavy atom. The Labute approximate surface area is 197 Å². The van der Waals surface area contributed by atoms with Gasteiger partial charge in [0, 0.05) is 21.5 Å². The van der Waals surface area contributed by atoms with E-state index in [1.165, 1.54) is 24.3 Å². The number of hydrogen-bond acceptors (Lipinski definition) is 6. The van der Waals surface area contributed by atoms with Gasteiger partial charge in [0.15, 0.2) is 5.75 Å². The van der Waals surface area contributed by atoms with Crippen LogP contribution in [0.3, 0.4) is 0 Å². The second-order valence-corrected chi connectivity index (χ2v) is 11.6. The van der Waals surface area contributed by atoms with Crippen molar-refractivity contribution in [1.82, 2.24) is 0 Å². The van der Waals surface area contributed by atoms with Crippen molar-refractivity contribution >= 4 is 98.8 Å². The molecule has 0 fully saturated rings. The molecule has 11 heteroatoms. The minimum absolute atomic E-state index is 0.0176. The van der Waals surface area contributed by atoms with Crippen LogP contribution >= 0.6 is 67.8 Å². The second-order valence-electron chi connectivity index (χ2n) is 5.30. The maximum absolute atomic E-state index is 12.8. The van der Waals surface area contributed by atoms with Gasteiger partial charge in [-0.2, -0.15) is 8.42 Å². The molecule has 0 aliphatic carbocycles. The molecule has 3 aromatic carbocycles. The Balaban J connectivity index is 2.18. The molecule has 0 saturated carbocycles. The van der Waals surface area contributed by atoms with Crippen LogP contribution < -0.4 is 4.18 Å². The molecule has 0 aliphatic rings. The van der Waals surface area contributed by atoms with Crippen LogP contribution in [-0.4, -0.2) is 21.4 Å². The van der Waals surface area contributed by atoms with Crippen LogP contribution in [0.1, 0.15) is 0 Å². The van der Waals surface area contributed by atoms with E-state index in [4.69, 9.17) is 4.18 Å². The van der Waals surface area contributed by atoms with Gasteiger partial charge in [-0.25, -0.2) is 8.42 Å². The summed E-state index contributed by atoms with van der Waals surface area (Å²) in [6.45, 7) is 0. The molecule has 0 unspecified atom stereocenters. The first-order chi connectivity index (χ1) is 12.5. The number of rotatable bonds is 4. The van der Waals surface area contributed by atoms with Crippen LogP contribution in [0, 0.1) is 10.7 Å². The normalized spacial score (nSPS) is 12.3. The van der Waals surface area contributed by atoms with Crippen LogP contribution in [0.15, 0.2) is 58.3 Å². The lowest BCUT2D eigenvalue weighted by molar-refractivity contribution is 0.464. The second kappa shape index (κ2) is 7.89. The van der Waals surface area contributed by atoms with Crippen LogP contribution in [-0.2, 0) is 20.2 Å². The molecular formula is C16H8I3O6S2-. The SMILES string of the molecule is O=S(=O)([O-])c1ccc(OS(=O)(=O)c2cc(I)cc(I)c2I)c2ccccc12. The van der Waals surface area contributed by atoms with Crippen molar-refractivity contribution in [2.75, 3.05) is 0 Å². The van der Waals surface area contributed by atoms with Crippen molar-refractivity contribution in [3.8, 4) is 5.75 Å². The molecule has 0 aliphatic heterocycles. The van der Waals surface area contributed by atoms with Gasteiger partial charge in [0.25, 0.3) is 0 Å². The summed E-state index contributed by atoms with van der Waals surface area (Å²) in [7, 11) is -8.89. The van der Waals surface area contributed by atoms with Crippen molar-refractivity contribution < 1.29 is 25.6 Å². The monoisotopic (exact) mass is 741 g/mol. The lowest BCUT2D eigenvalue weighted by atomic mass is 10.1. The molecule has 0 aromatic heterocycles. The molecule has 0 radical (unpaired) electrons. The zero-order valence-corrected chi connectivity index (χ0v) is 21.1. The van der Waals surface area contributed by atoms with E-state index in [2.05, 4.69) is 0 Å². The van der Waals surface area contributed by atoms with Gasteiger partial charge < -0.3 is 8.74 Å². The molecule has 0 bridgehead atoms. The summed E-state index contributed by atoms with van der Waals surface area (Å²) in [6, 6.07) is 11.6. The largest absolute Gasteiger partial charge is 0.744 e. The van der Waals surface area contributed by atoms with E-state index < -0.39 is 25.1 Å². The van der Waals surface area contributed by atoms with E-state index in [-0.39, 0.29) is 21.4 Å². The Hall–Kier alpha value is -0.230. The predicted molar refractivity (Wildman–Crippen MR) is 124 cm³/mol. The fourth-order valence-electron chi connectivity index (χ4n) is 2.41. The molecule has 0 atom stereocenters. The molecule has 0 saturated heterocycles. The summed E-state index contributed by atoms with van der Waals surface area (Å²) >= 11 is 5.99. The van der Waals surface area contributed by atoms with Crippen LogP contribution in [0.2, 0.25) is 0 Å². The molecule has 142 valence electrons. The Morgan fingerprint density at radius 2 is 1.44 bits per heavy atom. The van der Waals surface area contributed by atoms with E-state index in [1.807, 2.05) is 73.8 Å². The van der Waals surface area contributed by atoms with Crippen molar-refractivity contribution in [2.45, 2.75) is 9.79 Å². The van der Waals surface area contributed by atoms with Gasteiger partial charge in [0.05, 0.1) is 4.90 Å². The predicted octanol–water partition coefficient (Wildman–Crippen LogP) is 4.33. The highest BCUT2D eigenvalue weighted by Gasteiger charge is 2.24. The van der Waals surface area contributed by atoms with Crippen LogP contribution in [0.4, 0.5) is 0 Å². The van der Waals surface area contributed by atoms with Crippen molar-refractivity contribution in [2.24, 2.45) is 0 Å². The molecule has 0 spiro atoms. The lowest BCUT2D eigenvalue weighted by Gasteiger charge is -2.15. The highest BCUT2D eigenvalue weighted by atomic mass is 127. The van der Waals surface area contributed by atoms with Gasteiger partial charge in [-0.1, -0.05) is 24.3 Å². The molecule has 3 rings (SSSR count). The quantitative estimate of drug-likeness (QED) is 0.171. The van der Waals surface area contributed by atoms with Gasteiger partial charge in [-0.05, 0) is 92.0 Å². The third kappa shape index (κ3) is 4.52. The molecular weight excluding hydrogens is 733 g/mol. The number of fused-ring (bicyclic) bond motifs is 1. The van der Waals surface area contributed by atoms with Crippen molar-refractivity contribution in [3.63, 3.8) is 0 Å². The number of halogens is 3. The average Bonchev–Trinajstić information content (AvgIpc) is 2.57. The summed E-state index contributed by atoms with van der Waals surface area (Å²) in [5.74, 6) is -0.0531. The van der Waals surface area contributed by atoms with E-state index in [1.54, 1.807) is 12.1 Å². The lowest BCUT2D eigenvalue weighted by Crippen LogP contribution is -2.13. The van der Waals surface area contributed by atoms with E-state index in [0.717, 1.165) is 13.2 Å². The number of benzene rings is 3. The Morgan fingerprint density at radius 3 is 2.07 bits per heavy atom. The van der Waals surface area contributed by atoms with Gasteiger partial charge in [0.1, 0.15) is 15.0 Å². The first-order valence-electron chi connectivity index (χ1n) is 7.07. The van der Waals surface area contributed by atoms with Gasteiger partial charge in [-0.15, -0.1) is 0 Å². The minimum Gasteiger partial charge on any atom is -0.744 e.